The molecule has 3 rings (SSSR count). The Kier molecular flexibility index (Phi) is 3.60. The van der Waals surface area contributed by atoms with Gasteiger partial charge in [-0.2, -0.15) is 0 Å². The number of amides is 1. The minimum absolute atomic E-state index is 0.0818. The van der Waals surface area contributed by atoms with Gasteiger partial charge in [0.1, 0.15) is 5.69 Å². The van der Waals surface area contributed by atoms with Crippen LogP contribution in [0.2, 0.25) is 0 Å². The largest absolute Gasteiger partial charge is 0.399 e. The second kappa shape index (κ2) is 5.71. The molecule has 4 heteroatoms. The number of carbonyl (C=O) groups excluding carboxylic acids is 1. The SMILES string of the molecule is Nc1ccc(CCNC(=O)c2cc3ccccc3[nH]2)cc1. The Bertz CT molecular complexity index is 726. The maximum atomic E-state index is 12.1. The lowest BCUT2D eigenvalue weighted by Crippen LogP contribution is -2.25. The number of aromatic nitrogens is 1. The van der Waals surface area contributed by atoms with Gasteiger partial charge in [0.2, 0.25) is 0 Å². The maximum Gasteiger partial charge on any atom is 0.267 e. The van der Waals surface area contributed by atoms with Crippen molar-refractivity contribution in [3.05, 3.63) is 65.9 Å². The number of nitrogens with one attached hydrogen (secondary N) is 2. The molecule has 0 aliphatic carbocycles. The standard InChI is InChI=1S/C17H17N3O/c18-14-7-5-12(6-8-14)9-10-19-17(21)16-11-13-3-1-2-4-15(13)20-16/h1-8,11,20H,9-10,18H2,(H,19,21). The van der Waals surface area contributed by atoms with Crippen LogP contribution in [0, 0.1) is 0 Å². The van der Waals surface area contributed by atoms with Crippen LogP contribution < -0.4 is 11.1 Å². The van der Waals surface area contributed by atoms with Gasteiger partial charge in [0, 0.05) is 23.1 Å². The maximum absolute atomic E-state index is 12.1. The number of fused-ring (bicyclic) bond motifs is 1. The molecule has 0 spiro atoms. The summed E-state index contributed by atoms with van der Waals surface area (Å²) in [7, 11) is 0. The normalized spacial score (nSPS) is 10.7. The van der Waals surface area contributed by atoms with Crippen molar-refractivity contribution >= 4 is 22.5 Å². The van der Waals surface area contributed by atoms with Crippen LogP contribution in [0.5, 0.6) is 0 Å². The smallest absolute Gasteiger partial charge is 0.267 e. The number of nitrogen functional groups attached to an aromatic ring is 1. The fourth-order valence-corrected chi connectivity index (χ4v) is 2.30. The van der Waals surface area contributed by atoms with Crippen LogP contribution in [0.1, 0.15) is 16.1 Å². The summed E-state index contributed by atoms with van der Waals surface area (Å²) in [5.41, 5.74) is 9.11. The van der Waals surface area contributed by atoms with Gasteiger partial charge in [-0.3, -0.25) is 4.79 Å². The molecule has 4 N–H and O–H groups in total. The Balaban J connectivity index is 1.60. The molecule has 2 aromatic carbocycles. The first-order chi connectivity index (χ1) is 10.2. The topological polar surface area (TPSA) is 70.9 Å². The predicted molar refractivity (Wildman–Crippen MR) is 85.2 cm³/mol. The van der Waals surface area contributed by atoms with Gasteiger partial charge in [-0.15, -0.1) is 0 Å². The van der Waals surface area contributed by atoms with E-state index in [1.807, 2.05) is 54.6 Å². The molecule has 4 nitrogen and oxygen atoms in total. The van der Waals surface area contributed by atoms with Crippen molar-refractivity contribution in [1.29, 1.82) is 0 Å². The van der Waals surface area contributed by atoms with Crippen LogP contribution in [0.25, 0.3) is 10.9 Å². The summed E-state index contributed by atoms with van der Waals surface area (Å²) in [6.07, 6.45) is 0.784. The quantitative estimate of drug-likeness (QED) is 0.643. The van der Waals surface area contributed by atoms with Crippen LogP contribution in [0.15, 0.2) is 54.6 Å². The van der Waals surface area contributed by atoms with Crippen molar-refractivity contribution < 1.29 is 4.79 Å². The summed E-state index contributed by atoms with van der Waals surface area (Å²) in [5.74, 6) is -0.0818. The second-order valence-electron chi connectivity index (χ2n) is 5.02. The molecule has 106 valence electrons. The Hall–Kier alpha value is -2.75. The van der Waals surface area contributed by atoms with Crippen LogP contribution in [-0.4, -0.2) is 17.4 Å². The Morgan fingerprint density at radius 3 is 2.62 bits per heavy atom. The van der Waals surface area contributed by atoms with E-state index in [4.69, 9.17) is 5.73 Å². The highest BCUT2D eigenvalue weighted by Crippen LogP contribution is 2.14. The molecule has 0 unspecified atom stereocenters. The van der Waals surface area contributed by atoms with Crippen LogP contribution in [0.4, 0.5) is 5.69 Å². The molecular weight excluding hydrogens is 262 g/mol. The number of anilines is 1. The van der Waals surface area contributed by atoms with Gasteiger partial charge in [-0.05, 0) is 36.2 Å². The summed E-state index contributed by atoms with van der Waals surface area (Å²) in [6, 6.07) is 17.4. The zero-order chi connectivity index (χ0) is 14.7. The van der Waals surface area contributed by atoms with Crippen molar-refractivity contribution in [2.24, 2.45) is 0 Å². The van der Waals surface area contributed by atoms with Crippen molar-refractivity contribution in [1.82, 2.24) is 10.3 Å². The van der Waals surface area contributed by atoms with Crippen molar-refractivity contribution in [3.63, 3.8) is 0 Å². The zero-order valence-corrected chi connectivity index (χ0v) is 11.6. The molecule has 3 aromatic rings. The Morgan fingerprint density at radius 1 is 1.10 bits per heavy atom. The van der Waals surface area contributed by atoms with Gasteiger partial charge >= 0.3 is 0 Å². The molecule has 0 saturated carbocycles. The third-order valence-electron chi connectivity index (χ3n) is 3.45. The van der Waals surface area contributed by atoms with E-state index in [2.05, 4.69) is 10.3 Å². The molecule has 1 amide bonds. The van der Waals surface area contributed by atoms with E-state index in [0.29, 0.717) is 12.2 Å². The van der Waals surface area contributed by atoms with E-state index in [0.717, 1.165) is 28.6 Å². The van der Waals surface area contributed by atoms with Crippen molar-refractivity contribution in [2.45, 2.75) is 6.42 Å². The Morgan fingerprint density at radius 2 is 1.86 bits per heavy atom. The van der Waals surface area contributed by atoms with E-state index in [1.54, 1.807) is 0 Å². The van der Waals surface area contributed by atoms with Crippen LogP contribution in [0.3, 0.4) is 0 Å². The van der Waals surface area contributed by atoms with E-state index in [9.17, 15) is 4.79 Å². The molecule has 0 saturated heterocycles. The van der Waals surface area contributed by atoms with E-state index in [-0.39, 0.29) is 5.91 Å². The molecule has 1 aromatic heterocycles. The number of nitrogens with two attached hydrogens (primary N) is 1. The molecule has 1 heterocycles. The predicted octanol–water partition coefficient (Wildman–Crippen LogP) is 2.72. The lowest BCUT2D eigenvalue weighted by molar-refractivity contribution is 0.0950. The van der Waals surface area contributed by atoms with Gasteiger partial charge in [-0.25, -0.2) is 0 Å². The summed E-state index contributed by atoms with van der Waals surface area (Å²) >= 11 is 0. The average Bonchev–Trinajstić information content (AvgIpc) is 2.93. The summed E-state index contributed by atoms with van der Waals surface area (Å²) in [4.78, 5) is 15.2. The van der Waals surface area contributed by atoms with Crippen molar-refractivity contribution in [3.8, 4) is 0 Å². The van der Waals surface area contributed by atoms with E-state index in [1.165, 1.54) is 0 Å². The van der Waals surface area contributed by atoms with Gasteiger partial charge in [0.25, 0.3) is 5.91 Å². The van der Waals surface area contributed by atoms with Gasteiger partial charge in [-0.1, -0.05) is 30.3 Å². The highest BCUT2D eigenvalue weighted by molar-refractivity contribution is 5.97. The molecule has 0 fully saturated rings. The van der Waals surface area contributed by atoms with Gasteiger partial charge < -0.3 is 16.0 Å². The number of rotatable bonds is 4. The van der Waals surface area contributed by atoms with Crippen LogP contribution in [-0.2, 0) is 6.42 Å². The summed E-state index contributed by atoms with van der Waals surface area (Å²) in [6.45, 7) is 0.595. The number of H-pyrrole nitrogens is 1. The van der Waals surface area contributed by atoms with Gasteiger partial charge in [0.05, 0.1) is 0 Å². The molecular formula is C17H17N3O. The number of hydrogen-bond acceptors (Lipinski definition) is 2. The monoisotopic (exact) mass is 279 g/mol. The van der Waals surface area contributed by atoms with E-state index < -0.39 is 0 Å². The van der Waals surface area contributed by atoms with Gasteiger partial charge in [0.15, 0.2) is 0 Å². The highest BCUT2D eigenvalue weighted by atomic mass is 16.1. The van der Waals surface area contributed by atoms with E-state index >= 15 is 0 Å². The fraction of sp³-hybridized carbons (Fsp3) is 0.118. The molecule has 0 aliphatic rings. The lowest BCUT2D eigenvalue weighted by atomic mass is 10.1. The highest BCUT2D eigenvalue weighted by Gasteiger charge is 2.08. The zero-order valence-electron chi connectivity index (χ0n) is 11.6. The minimum atomic E-state index is -0.0818. The summed E-state index contributed by atoms with van der Waals surface area (Å²) in [5, 5.41) is 3.96. The number of aromatic amines is 1. The number of hydrogen-bond donors (Lipinski definition) is 3. The summed E-state index contributed by atoms with van der Waals surface area (Å²) < 4.78 is 0. The second-order valence-corrected chi connectivity index (χ2v) is 5.02. The van der Waals surface area contributed by atoms with Crippen molar-refractivity contribution in [2.75, 3.05) is 12.3 Å². The van der Waals surface area contributed by atoms with Crippen LogP contribution >= 0.6 is 0 Å². The minimum Gasteiger partial charge on any atom is -0.399 e. The lowest BCUT2D eigenvalue weighted by Gasteiger charge is -2.04. The average molecular weight is 279 g/mol. The molecule has 0 aliphatic heterocycles. The molecule has 0 bridgehead atoms. The molecule has 0 radical (unpaired) electrons. The Labute approximate surface area is 123 Å². The first-order valence-electron chi connectivity index (χ1n) is 6.93. The number of benzene rings is 2. The first-order valence-corrected chi connectivity index (χ1v) is 6.93. The molecule has 21 heavy (non-hydrogen) atoms. The third kappa shape index (κ3) is 3.05. The number of para-hydroxylation sites is 1. The molecule has 0 atom stereocenters. The first kappa shape index (κ1) is 13.2. The fourth-order valence-electron chi connectivity index (χ4n) is 2.30. The number of carbonyl (C=O) groups is 1. The third-order valence-corrected chi connectivity index (χ3v) is 3.45.